The minimum Gasteiger partial charge on any atom is -0.454 e. The number of hydrogen-bond donors (Lipinski definition) is 1. The van der Waals surface area contributed by atoms with E-state index in [9.17, 15) is 0 Å². The van der Waals surface area contributed by atoms with Crippen molar-refractivity contribution < 1.29 is 4.42 Å². The van der Waals surface area contributed by atoms with Crippen LogP contribution < -0.4 is 0 Å². The third-order valence-electron chi connectivity index (χ3n) is 4.26. The van der Waals surface area contributed by atoms with Crippen molar-refractivity contribution in [2.45, 2.75) is 20.8 Å². The van der Waals surface area contributed by atoms with Crippen LogP contribution in [-0.4, -0.2) is 4.98 Å². The summed E-state index contributed by atoms with van der Waals surface area (Å²) >= 11 is 0. The molecule has 114 valence electrons. The normalized spacial score (nSPS) is 11.3. The Morgan fingerprint density at radius 1 is 0.739 bits per heavy atom. The zero-order chi connectivity index (χ0) is 16.0. The molecule has 0 amide bonds. The molecule has 0 saturated heterocycles. The second-order valence-electron chi connectivity index (χ2n) is 6.26. The van der Waals surface area contributed by atoms with E-state index in [-0.39, 0.29) is 0 Å². The Balaban J connectivity index is 1.77. The molecule has 4 aromatic rings. The van der Waals surface area contributed by atoms with Gasteiger partial charge in [0.2, 0.25) is 0 Å². The molecule has 4 rings (SSSR count). The number of nitrogens with one attached hydrogen (secondary N) is 1. The molecule has 0 aliphatic heterocycles. The van der Waals surface area contributed by atoms with E-state index in [1.165, 1.54) is 22.3 Å². The SMILES string of the molecule is Cc1ccc(-c2ccc(-c3cc4cc(C)cc(C)c4o3)[nH]2)cc1. The van der Waals surface area contributed by atoms with Crippen molar-refractivity contribution in [3.63, 3.8) is 0 Å². The Morgan fingerprint density at radius 2 is 1.48 bits per heavy atom. The van der Waals surface area contributed by atoms with Crippen LogP contribution in [0.2, 0.25) is 0 Å². The molecule has 0 spiro atoms. The molecule has 2 heterocycles. The molecule has 23 heavy (non-hydrogen) atoms. The first-order valence-corrected chi connectivity index (χ1v) is 7.87. The summed E-state index contributed by atoms with van der Waals surface area (Å²) in [6.45, 7) is 6.31. The number of fused-ring (bicyclic) bond motifs is 1. The van der Waals surface area contributed by atoms with E-state index in [1.807, 2.05) is 0 Å². The fourth-order valence-corrected chi connectivity index (χ4v) is 3.09. The first-order chi connectivity index (χ1) is 11.1. The molecule has 0 bridgehead atoms. The fourth-order valence-electron chi connectivity index (χ4n) is 3.09. The monoisotopic (exact) mass is 301 g/mol. The lowest BCUT2D eigenvalue weighted by atomic mass is 10.1. The van der Waals surface area contributed by atoms with E-state index >= 15 is 0 Å². The highest BCUT2D eigenvalue weighted by Gasteiger charge is 2.11. The maximum atomic E-state index is 6.08. The van der Waals surface area contributed by atoms with Crippen molar-refractivity contribution in [1.29, 1.82) is 0 Å². The van der Waals surface area contributed by atoms with Gasteiger partial charge in [-0.05, 0) is 56.2 Å². The number of hydrogen-bond acceptors (Lipinski definition) is 1. The zero-order valence-corrected chi connectivity index (χ0v) is 13.6. The van der Waals surface area contributed by atoms with Crippen molar-refractivity contribution >= 4 is 11.0 Å². The van der Waals surface area contributed by atoms with Crippen LogP contribution in [0.1, 0.15) is 16.7 Å². The van der Waals surface area contributed by atoms with Crippen molar-refractivity contribution in [3.05, 3.63) is 71.3 Å². The van der Waals surface area contributed by atoms with Gasteiger partial charge in [-0.3, -0.25) is 0 Å². The summed E-state index contributed by atoms with van der Waals surface area (Å²) in [6, 6.07) is 19.1. The lowest BCUT2D eigenvalue weighted by Crippen LogP contribution is -1.79. The average Bonchev–Trinajstić information content (AvgIpc) is 3.14. The number of aromatic amines is 1. The molecule has 2 aromatic heterocycles. The first kappa shape index (κ1) is 13.9. The molecule has 0 fully saturated rings. The highest BCUT2D eigenvalue weighted by atomic mass is 16.3. The fraction of sp³-hybridized carbons (Fsp3) is 0.143. The number of aryl methyl sites for hydroxylation is 3. The summed E-state index contributed by atoms with van der Waals surface area (Å²) in [4.78, 5) is 3.47. The standard InChI is InChI=1S/C21H19NO/c1-13-4-6-16(7-5-13)18-8-9-19(22-18)20-12-17-11-14(2)10-15(3)21(17)23-20/h4-12,22H,1-3H3. The van der Waals surface area contributed by atoms with Crippen LogP contribution in [0.25, 0.3) is 33.7 Å². The van der Waals surface area contributed by atoms with E-state index < -0.39 is 0 Å². The predicted octanol–water partition coefficient (Wildman–Crippen LogP) is 6.02. The maximum Gasteiger partial charge on any atom is 0.151 e. The number of H-pyrrole nitrogens is 1. The smallest absolute Gasteiger partial charge is 0.151 e. The quantitative estimate of drug-likeness (QED) is 0.482. The number of aromatic nitrogens is 1. The molecule has 2 nitrogen and oxygen atoms in total. The predicted molar refractivity (Wildman–Crippen MR) is 95.6 cm³/mol. The van der Waals surface area contributed by atoms with E-state index in [0.29, 0.717) is 0 Å². The third-order valence-corrected chi connectivity index (χ3v) is 4.26. The van der Waals surface area contributed by atoms with E-state index in [0.717, 1.165) is 28.1 Å². The maximum absolute atomic E-state index is 6.08. The third kappa shape index (κ3) is 2.46. The molecular weight excluding hydrogens is 282 g/mol. The van der Waals surface area contributed by atoms with Gasteiger partial charge < -0.3 is 9.40 Å². The zero-order valence-electron chi connectivity index (χ0n) is 13.6. The molecule has 0 radical (unpaired) electrons. The first-order valence-electron chi connectivity index (χ1n) is 7.87. The van der Waals surface area contributed by atoms with Crippen molar-refractivity contribution in [2.75, 3.05) is 0 Å². The van der Waals surface area contributed by atoms with Crippen LogP contribution in [0.4, 0.5) is 0 Å². The Bertz CT molecular complexity index is 987. The van der Waals surface area contributed by atoms with E-state index in [2.05, 4.69) is 80.4 Å². The van der Waals surface area contributed by atoms with Crippen molar-refractivity contribution in [2.24, 2.45) is 0 Å². The Hall–Kier alpha value is -2.74. The number of benzene rings is 2. The molecular formula is C21H19NO. The molecule has 2 heteroatoms. The van der Waals surface area contributed by atoms with Crippen LogP contribution >= 0.6 is 0 Å². The average molecular weight is 301 g/mol. The Morgan fingerprint density at radius 3 is 2.26 bits per heavy atom. The minimum absolute atomic E-state index is 0.882. The van der Waals surface area contributed by atoms with Gasteiger partial charge in [-0.2, -0.15) is 0 Å². The van der Waals surface area contributed by atoms with Gasteiger partial charge in [0.15, 0.2) is 5.76 Å². The molecule has 0 aliphatic carbocycles. The largest absolute Gasteiger partial charge is 0.454 e. The lowest BCUT2D eigenvalue weighted by molar-refractivity contribution is 0.626. The van der Waals surface area contributed by atoms with Crippen LogP contribution in [0.3, 0.4) is 0 Å². The Labute approximate surface area is 135 Å². The van der Waals surface area contributed by atoms with Crippen LogP contribution in [-0.2, 0) is 0 Å². The molecule has 0 saturated carbocycles. The summed E-state index contributed by atoms with van der Waals surface area (Å²) in [5.74, 6) is 0.882. The van der Waals surface area contributed by atoms with Gasteiger partial charge in [0.25, 0.3) is 0 Å². The topological polar surface area (TPSA) is 28.9 Å². The van der Waals surface area contributed by atoms with Crippen LogP contribution in [0.15, 0.2) is 59.0 Å². The van der Waals surface area contributed by atoms with Crippen LogP contribution in [0, 0.1) is 20.8 Å². The summed E-state index contributed by atoms with van der Waals surface area (Å²) in [5, 5.41) is 1.16. The van der Waals surface area contributed by atoms with Gasteiger partial charge >= 0.3 is 0 Å². The second kappa shape index (κ2) is 5.17. The lowest BCUT2D eigenvalue weighted by Gasteiger charge is -1.99. The summed E-state index contributed by atoms with van der Waals surface area (Å²) in [6.07, 6.45) is 0. The van der Waals surface area contributed by atoms with Gasteiger partial charge in [-0.1, -0.05) is 41.5 Å². The highest BCUT2D eigenvalue weighted by molar-refractivity contribution is 5.85. The van der Waals surface area contributed by atoms with Gasteiger partial charge in [0.05, 0.1) is 5.69 Å². The molecule has 0 unspecified atom stereocenters. The Kier molecular flexibility index (Phi) is 3.12. The van der Waals surface area contributed by atoms with Crippen molar-refractivity contribution in [3.8, 4) is 22.7 Å². The van der Waals surface area contributed by atoms with E-state index in [1.54, 1.807) is 0 Å². The summed E-state index contributed by atoms with van der Waals surface area (Å²) in [5.41, 5.74) is 7.97. The minimum atomic E-state index is 0.882. The van der Waals surface area contributed by atoms with Gasteiger partial charge in [0, 0.05) is 11.1 Å². The highest BCUT2D eigenvalue weighted by Crippen LogP contribution is 2.31. The summed E-state index contributed by atoms with van der Waals surface area (Å²) < 4.78 is 6.08. The number of furan rings is 1. The number of rotatable bonds is 2. The second-order valence-corrected chi connectivity index (χ2v) is 6.26. The van der Waals surface area contributed by atoms with Crippen molar-refractivity contribution in [1.82, 2.24) is 4.98 Å². The van der Waals surface area contributed by atoms with Crippen LogP contribution in [0.5, 0.6) is 0 Å². The van der Waals surface area contributed by atoms with E-state index in [4.69, 9.17) is 4.42 Å². The molecule has 0 atom stereocenters. The van der Waals surface area contributed by atoms with Gasteiger partial charge in [-0.25, -0.2) is 0 Å². The molecule has 2 aromatic carbocycles. The molecule has 0 aliphatic rings. The van der Waals surface area contributed by atoms with Gasteiger partial charge in [0.1, 0.15) is 5.58 Å². The van der Waals surface area contributed by atoms with Gasteiger partial charge in [-0.15, -0.1) is 0 Å². The summed E-state index contributed by atoms with van der Waals surface area (Å²) in [7, 11) is 0. The molecule has 1 N–H and O–H groups in total.